The molecule has 186 valence electrons. The number of pyridine rings is 1. The molecule has 2 heterocycles. The highest BCUT2D eigenvalue weighted by molar-refractivity contribution is 5.92. The minimum absolute atomic E-state index is 0.0901. The average molecular weight is 487 g/mol. The van der Waals surface area contributed by atoms with Crippen molar-refractivity contribution in [3.05, 3.63) is 95.3 Å². The summed E-state index contributed by atoms with van der Waals surface area (Å²) in [6.07, 6.45) is 1.98. The molecule has 2 atom stereocenters. The largest absolute Gasteiger partial charge is 0.438 e. The minimum atomic E-state index is -0.865. The van der Waals surface area contributed by atoms with Crippen molar-refractivity contribution in [1.82, 2.24) is 15.2 Å². The standard InChI is InChI=1S/C28H30N4O4/c1-18(2)26(33)31-23-9-7-22(8-10-23)25-24(27(34)30-16-20-11-13-29-14-12-20)32(28(35)36-25)17-21-6-4-5-19(3)15-21/h4-15,18,24-25H,16-17H2,1-3H3,(H,30,34)(H,31,33). The van der Waals surface area contributed by atoms with E-state index < -0.39 is 18.2 Å². The maximum Gasteiger partial charge on any atom is 0.411 e. The normalized spacial score (nSPS) is 17.1. The van der Waals surface area contributed by atoms with Crippen LogP contribution >= 0.6 is 0 Å². The number of aromatic nitrogens is 1. The Morgan fingerprint density at radius 2 is 1.75 bits per heavy atom. The van der Waals surface area contributed by atoms with Crippen molar-refractivity contribution in [3.8, 4) is 0 Å². The van der Waals surface area contributed by atoms with Crippen LogP contribution < -0.4 is 10.6 Å². The van der Waals surface area contributed by atoms with Gasteiger partial charge in [0.1, 0.15) is 0 Å². The Morgan fingerprint density at radius 1 is 1.03 bits per heavy atom. The molecule has 1 aliphatic rings. The molecular formula is C28H30N4O4. The molecule has 0 saturated carbocycles. The number of hydrogen-bond acceptors (Lipinski definition) is 5. The first-order chi connectivity index (χ1) is 17.3. The van der Waals surface area contributed by atoms with Gasteiger partial charge in [0.05, 0.1) is 6.54 Å². The molecule has 1 fully saturated rings. The molecule has 36 heavy (non-hydrogen) atoms. The number of aryl methyl sites for hydroxylation is 1. The zero-order valence-electron chi connectivity index (χ0n) is 20.6. The Hall–Kier alpha value is -4.20. The van der Waals surface area contributed by atoms with Gasteiger partial charge in [-0.2, -0.15) is 0 Å². The molecule has 0 bridgehead atoms. The summed E-state index contributed by atoms with van der Waals surface area (Å²) < 4.78 is 5.74. The summed E-state index contributed by atoms with van der Waals surface area (Å²) in [5, 5.41) is 5.79. The maximum atomic E-state index is 13.4. The van der Waals surface area contributed by atoms with Gasteiger partial charge in [0, 0.05) is 30.5 Å². The highest BCUT2D eigenvalue weighted by Crippen LogP contribution is 2.34. The van der Waals surface area contributed by atoms with Crippen LogP contribution in [0.5, 0.6) is 0 Å². The number of rotatable bonds is 8. The van der Waals surface area contributed by atoms with Gasteiger partial charge in [-0.05, 0) is 47.9 Å². The van der Waals surface area contributed by atoms with E-state index >= 15 is 0 Å². The summed E-state index contributed by atoms with van der Waals surface area (Å²) in [4.78, 5) is 43.9. The molecule has 8 nitrogen and oxygen atoms in total. The van der Waals surface area contributed by atoms with Crippen molar-refractivity contribution in [2.75, 3.05) is 5.32 Å². The van der Waals surface area contributed by atoms with Crippen molar-refractivity contribution in [1.29, 1.82) is 0 Å². The molecule has 3 amide bonds. The van der Waals surface area contributed by atoms with Gasteiger partial charge in [0.15, 0.2) is 12.1 Å². The Bertz CT molecular complexity index is 1230. The molecule has 3 aromatic rings. The van der Waals surface area contributed by atoms with Crippen LogP contribution in [0.2, 0.25) is 0 Å². The van der Waals surface area contributed by atoms with Gasteiger partial charge in [-0.25, -0.2) is 4.79 Å². The Morgan fingerprint density at radius 3 is 2.42 bits per heavy atom. The Labute approximate surface area is 210 Å². The lowest BCUT2D eigenvalue weighted by Crippen LogP contribution is -2.46. The smallest absolute Gasteiger partial charge is 0.411 e. The second-order valence-corrected chi connectivity index (χ2v) is 9.21. The molecule has 8 heteroatoms. The van der Waals surface area contributed by atoms with Gasteiger partial charge in [0.2, 0.25) is 11.8 Å². The Kier molecular flexibility index (Phi) is 7.63. The molecule has 4 rings (SSSR count). The van der Waals surface area contributed by atoms with E-state index in [1.165, 1.54) is 4.90 Å². The number of nitrogens with one attached hydrogen (secondary N) is 2. The van der Waals surface area contributed by atoms with E-state index in [9.17, 15) is 14.4 Å². The van der Waals surface area contributed by atoms with Crippen LogP contribution in [0.3, 0.4) is 0 Å². The first-order valence-corrected chi connectivity index (χ1v) is 11.9. The summed E-state index contributed by atoms with van der Waals surface area (Å²) in [5.74, 6) is -0.552. The molecule has 1 saturated heterocycles. The summed E-state index contributed by atoms with van der Waals surface area (Å²) in [7, 11) is 0. The number of carbonyl (C=O) groups excluding carboxylic acids is 3. The van der Waals surface area contributed by atoms with Crippen LogP contribution in [0.1, 0.15) is 42.2 Å². The number of cyclic esters (lactones) is 1. The van der Waals surface area contributed by atoms with Crippen molar-refractivity contribution < 1.29 is 19.1 Å². The zero-order valence-corrected chi connectivity index (χ0v) is 20.6. The van der Waals surface area contributed by atoms with Crippen LogP contribution in [0, 0.1) is 12.8 Å². The maximum absolute atomic E-state index is 13.4. The van der Waals surface area contributed by atoms with Gasteiger partial charge < -0.3 is 15.4 Å². The fourth-order valence-electron chi connectivity index (χ4n) is 4.05. The molecule has 2 aromatic carbocycles. The van der Waals surface area contributed by atoms with E-state index in [-0.39, 0.29) is 24.3 Å². The SMILES string of the molecule is Cc1cccc(CN2C(=O)OC(c3ccc(NC(=O)C(C)C)cc3)C2C(=O)NCc2ccncc2)c1. The van der Waals surface area contributed by atoms with Crippen LogP contribution in [-0.4, -0.2) is 33.8 Å². The lowest BCUT2D eigenvalue weighted by atomic mass is 10.00. The van der Waals surface area contributed by atoms with Gasteiger partial charge in [-0.15, -0.1) is 0 Å². The predicted octanol–water partition coefficient (Wildman–Crippen LogP) is 4.36. The summed E-state index contributed by atoms with van der Waals surface area (Å²) in [6.45, 7) is 6.16. The summed E-state index contributed by atoms with van der Waals surface area (Å²) in [6, 6.07) is 17.6. The Balaban J connectivity index is 1.58. The average Bonchev–Trinajstić information content (AvgIpc) is 3.19. The van der Waals surface area contributed by atoms with Gasteiger partial charge in [0.25, 0.3) is 0 Å². The molecule has 0 spiro atoms. The first-order valence-electron chi connectivity index (χ1n) is 11.9. The highest BCUT2D eigenvalue weighted by atomic mass is 16.6. The number of anilines is 1. The van der Waals surface area contributed by atoms with Crippen LogP contribution in [-0.2, 0) is 27.4 Å². The number of hydrogen-bond donors (Lipinski definition) is 2. The van der Waals surface area contributed by atoms with E-state index in [4.69, 9.17) is 4.74 Å². The lowest BCUT2D eigenvalue weighted by molar-refractivity contribution is -0.126. The van der Waals surface area contributed by atoms with Crippen molar-refractivity contribution in [3.63, 3.8) is 0 Å². The number of benzene rings is 2. The van der Waals surface area contributed by atoms with E-state index in [0.29, 0.717) is 17.8 Å². The fraction of sp³-hybridized carbons (Fsp3) is 0.286. The van der Waals surface area contributed by atoms with Gasteiger partial charge in [-0.3, -0.25) is 19.5 Å². The third kappa shape index (κ3) is 5.89. The molecule has 1 aliphatic heterocycles. The first kappa shape index (κ1) is 24.9. The fourth-order valence-corrected chi connectivity index (χ4v) is 4.05. The van der Waals surface area contributed by atoms with Crippen LogP contribution in [0.25, 0.3) is 0 Å². The van der Waals surface area contributed by atoms with E-state index in [0.717, 1.165) is 16.7 Å². The monoisotopic (exact) mass is 486 g/mol. The predicted molar refractivity (Wildman–Crippen MR) is 136 cm³/mol. The van der Waals surface area contributed by atoms with Crippen LogP contribution in [0.4, 0.5) is 10.5 Å². The van der Waals surface area contributed by atoms with Crippen molar-refractivity contribution in [2.24, 2.45) is 5.92 Å². The quantitative estimate of drug-likeness (QED) is 0.493. The zero-order chi connectivity index (χ0) is 25.7. The topological polar surface area (TPSA) is 101 Å². The van der Waals surface area contributed by atoms with Gasteiger partial charge >= 0.3 is 6.09 Å². The number of ether oxygens (including phenoxy) is 1. The van der Waals surface area contributed by atoms with E-state index in [1.807, 2.05) is 57.2 Å². The molecule has 2 unspecified atom stereocenters. The molecule has 0 aliphatic carbocycles. The second kappa shape index (κ2) is 11.0. The van der Waals surface area contributed by atoms with Crippen molar-refractivity contribution >= 4 is 23.6 Å². The third-order valence-corrected chi connectivity index (χ3v) is 6.04. The van der Waals surface area contributed by atoms with Crippen molar-refractivity contribution in [2.45, 2.75) is 46.0 Å². The summed E-state index contributed by atoms with van der Waals surface area (Å²) in [5.41, 5.74) is 4.18. The number of carbonyl (C=O) groups is 3. The highest BCUT2D eigenvalue weighted by Gasteiger charge is 2.46. The number of amides is 3. The molecule has 1 aromatic heterocycles. The molecule has 2 N–H and O–H groups in total. The lowest BCUT2D eigenvalue weighted by Gasteiger charge is -2.24. The second-order valence-electron chi connectivity index (χ2n) is 9.21. The van der Waals surface area contributed by atoms with E-state index in [2.05, 4.69) is 15.6 Å². The molecular weight excluding hydrogens is 456 g/mol. The minimum Gasteiger partial charge on any atom is -0.438 e. The molecule has 0 radical (unpaired) electrons. The number of nitrogens with zero attached hydrogens (tertiary/aromatic N) is 2. The van der Waals surface area contributed by atoms with Gasteiger partial charge in [-0.1, -0.05) is 55.8 Å². The van der Waals surface area contributed by atoms with E-state index in [1.54, 1.807) is 36.7 Å². The van der Waals surface area contributed by atoms with Crippen LogP contribution in [0.15, 0.2) is 73.1 Å². The summed E-state index contributed by atoms with van der Waals surface area (Å²) >= 11 is 0. The third-order valence-electron chi connectivity index (χ3n) is 6.04.